The highest BCUT2D eigenvalue weighted by atomic mass is 16.5. The van der Waals surface area contributed by atoms with Gasteiger partial charge < -0.3 is 9.53 Å². The first-order valence-electron chi connectivity index (χ1n) is 5.92. The van der Waals surface area contributed by atoms with Crippen molar-refractivity contribution < 1.29 is 9.53 Å². The Kier molecular flexibility index (Phi) is 3.78. The fraction of sp³-hybridized carbons (Fsp3) is 0.188. The Hall–Kier alpha value is -2.09. The Morgan fingerprint density at radius 1 is 1.11 bits per heavy atom. The first-order chi connectivity index (χ1) is 8.74. The summed E-state index contributed by atoms with van der Waals surface area (Å²) in [6.07, 6.45) is 1.40. The number of aldehydes is 1. The van der Waals surface area contributed by atoms with Gasteiger partial charge in [0.2, 0.25) is 0 Å². The van der Waals surface area contributed by atoms with Crippen molar-refractivity contribution in [2.75, 3.05) is 7.11 Å². The second-order valence-electron chi connectivity index (χ2n) is 4.25. The summed E-state index contributed by atoms with van der Waals surface area (Å²) >= 11 is 0. The fourth-order valence-electron chi connectivity index (χ4n) is 2.00. The lowest BCUT2D eigenvalue weighted by atomic mass is 9.99. The summed E-state index contributed by atoms with van der Waals surface area (Å²) in [6.45, 7) is 2.07. The van der Waals surface area contributed by atoms with E-state index in [0.29, 0.717) is 6.42 Å². The molecule has 0 atom stereocenters. The van der Waals surface area contributed by atoms with Crippen LogP contribution in [0.2, 0.25) is 0 Å². The van der Waals surface area contributed by atoms with E-state index < -0.39 is 0 Å². The van der Waals surface area contributed by atoms with Crippen LogP contribution in [0.25, 0.3) is 11.1 Å². The van der Waals surface area contributed by atoms with Gasteiger partial charge in [0, 0.05) is 6.42 Å². The molecule has 0 unspecified atom stereocenters. The molecule has 2 aromatic rings. The van der Waals surface area contributed by atoms with E-state index in [2.05, 4.69) is 13.0 Å². The molecule has 0 fully saturated rings. The lowest BCUT2D eigenvalue weighted by Gasteiger charge is -2.08. The summed E-state index contributed by atoms with van der Waals surface area (Å²) in [7, 11) is 1.67. The van der Waals surface area contributed by atoms with Crippen molar-refractivity contribution in [2.45, 2.75) is 13.3 Å². The summed E-state index contributed by atoms with van der Waals surface area (Å²) in [6, 6.07) is 14.1. The van der Waals surface area contributed by atoms with E-state index in [1.807, 2.05) is 36.4 Å². The van der Waals surface area contributed by atoms with Crippen molar-refractivity contribution in [3.8, 4) is 16.9 Å². The number of benzene rings is 2. The van der Waals surface area contributed by atoms with Crippen molar-refractivity contribution in [1.82, 2.24) is 0 Å². The summed E-state index contributed by atoms with van der Waals surface area (Å²) in [5.41, 5.74) is 4.57. The van der Waals surface area contributed by atoms with Crippen molar-refractivity contribution >= 4 is 6.29 Å². The monoisotopic (exact) mass is 240 g/mol. The van der Waals surface area contributed by atoms with Crippen molar-refractivity contribution in [3.63, 3.8) is 0 Å². The average molecular weight is 240 g/mol. The third-order valence-electron chi connectivity index (χ3n) is 3.02. The van der Waals surface area contributed by atoms with E-state index in [4.69, 9.17) is 4.74 Å². The van der Waals surface area contributed by atoms with Crippen LogP contribution in [0.3, 0.4) is 0 Å². The molecule has 0 amide bonds. The van der Waals surface area contributed by atoms with Gasteiger partial charge >= 0.3 is 0 Å². The molecule has 0 heterocycles. The molecule has 0 saturated heterocycles. The molecule has 2 nitrogen and oxygen atoms in total. The van der Waals surface area contributed by atoms with Crippen molar-refractivity contribution in [2.24, 2.45) is 0 Å². The normalized spacial score (nSPS) is 10.1. The molecule has 0 aliphatic rings. The van der Waals surface area contributed by atoms with Crippen LogP contribution in [0, 0.1) is 6.92 Å². The third-order valence-corrected chi connectivity index (χ3v) is 3.02. The molecule has 0 bridgehead atoms. The smallest absolute Gasteiger partial charge is 0.124 e. The summed E-state index contributed by atoms with van der Waals surface area (Å²) in [4.78, 5) is 10.4. The lowest BCUT2D eigenvalue weighted by Crippen LogP contribution is -1.89. The third kappa shape index (κ3) is 2.59. The zero-order valence-electron chi connectivity index (χ0n) is 10.6. The second kappa shape index (κ2) is 5.50. The lowest BCUT2D eigenvalue weighted by molar-refractivity contribution is -0.107. The van der Waals surface area contributed by atoms with Gasteiger partial charge in [-0.05, 0) is 41.3 Å². The second-order valence-corrected chi connectivity index (χ2v) is 4.25. The Balaban J connectivity index is 2.33. The molecular formula is C16H16O2. The molecule has 0 aliphatic carbocycles. The highest BCUT2D eigenvalue weighted by Gasteiger charge is 2.03. The average Bonchev–Trinajstić information content (AvgIpc) is 2.40. The molecule has 0 N–H and O–H groups in total. The Labute approximate surface area is 107 Å². The largest absolute Gasteiger partial charge is 0.497 e. The minimum absolute atomic E-state index is 0.474. The molecule has 0 radical (unpaired) electrons. The zero-order chi connectivity index (χ0) is 13.0. The molecular weight excluding hydrogens is 224 g/mol. The van der Waals surface area contributed by atoms with Crippen LogP contribution >= 0.6 is 0 Å². The number of carbonyl (C=O) groups is 1. The van der Waals surface area contributed by atoms with Crippen LogP contribution in [-0.4, -0.2) is 13.4 Å². The standard InChI is InChI=1S/C16H16O2/c1-12-11-15(18-2)7-8-16(12)14-5-3-13(4-6-14)9-10-17/h3-8,10-11H,9H2,1-2H3. The molecule has 2 rings (SSSR count). The molecule has 18 heavy (non-hydrogen) atoms. The molecule has 2 heteroatoms. The Morgan fingerprint density at radius 3 is 2.39 bits per heavy atom. The Bertz CT molecular complexity index is 542. The van der Waals surface area contributed by atoms with Crippen LogP contribution in [0.15, 0.2) is 42.5 Å². The number of carbonyl (C=O) groups excluding carboxylic acids is 1. The van der Waals surface area contributed by atoms with Gasteiger partial charge in [-0.3, -0.25) is 0 Å². The fourth-order valence-corrected chi connectivity index (χ4v) is 2.00. The van der Waals surface area contributed by atoms with Crippen LogP contribution in [0.4, 0.5) is 0 Å². The maximum Gasteiger partial charge on any atom is 0.124 e. The van der Waals surface area contributed by atoms with E-state index >= 15 is 0 Å². The van der Waals surface area contributed by atoms with Crippen LogP contribution < -0.4 is 4.74 Å². The number of hydrogen-bond acceptors (Lipinski definition) is 2. The maximum absolute atomic E-state index is 10.4. The van der Waals surface area contributed by atoms with E-state index in [1.165, 1.54) is 11.1 Å². The Morgan fingerprint density at radius 2 is 1.83 bits per heavy atom. The highest BCUT2D eigenvalue weighted by Crippen LogP contribution is 2.27. The van der Waals surface area contributed by atoms with E-state index in [1.54, 1.807) is 7.11 Å². The van der Waals surface area contributed by atoms with E-state index in [9.17, 15) is 4.79 Å². The van der Waals surface area contributed by atoms with Gasteiger partial charge in [0.15, 0.2) is 0 Å². The van der Waals surface area contributed by atoms with Crippen molar-refractivity contribution in [3.05, 3.63) is 53.6 Å². The van der Waals surface area contributed by atoms with Gasteiger partial charge in [-0.25, -0.2) is 0 Å². The van der Waals surface area contributed by atoms with E-state index in [0.717, 1.165) is 23.2 Å². The molecule has 0 spiro atoms. The molecule has 92 valence electrons. The van der Waals surface area contributed by atoms with Gasteiger partial charge in [-0.1, -0.05) is 30.3 Å². The minimum atomic E-state index is 0.474. The summed E-state index contributed by atoms with van der Waals surface area (Å²) < 4.78 is 5.20. The quantitative estimate of drug-likeness (QED) is 0.765. The maximum atomic E-state index is 10.4. The van der Waals surface area contributed by atoms with Gasteiger partial charge in [0.1, 0.15) is 12.0 Å². The first kappa shape index (κ1) is 12.4. The first-order valence-corrected chi connectivity index (χ1v) is 5.92. The van der Waals surface area contributed by atoms with Crippen LogP contribution in [0.5, 0.6) is 5.75 Å². The van der Waals surface area contributed by atoms with Crippen molar-refractivity contribution in [1.29, 1.82) is 0 Å². The SMILES string of the molecule is COc1ccc(-c2ccc(CC=O)cc2)c(C)c1. The summed E-state index contributed by atoms with van der Waals surface area (Å²) in [5.74, 6) is 0.869. The highest BCUT2D eigenvalue weighted by molar-refractivity contribution is 5.69. The topological polar surface area (TPSA) is 26.3 Å². The predicted molar refractivity (Wildman–Crippen MR) is 72.9 cm³/mol. The minimum Gasteiger partial charge on any atom is -0.497 e. The van der Waals surface area contributed by atoms with Gasteiger partial charge in [-0.15, -0.1) is 0 Å². The molecule has 0 saturated carbocycles. The molecule has 2 aromatic carbocycles. The summed E-state index contributed by atoms with van der Waals surface area (Å²) in [5, 5.41) is 0. The molecule has 0 aliphatic heterocycles. The van der Waals surface area contributed by atoms with E-state index in [-0.39, 0.29) is 0 Å². The number of aryl methyl sites for hydroxylation is 1. The molecule has 0 aromatic heterocycles. The number of rotatable bonds is 4. The van der Waals surface area contributed by atoms with Crippen LogP contribution in [0.1, 0.15) is 11.1 Å². The van der Waals surface area contributed by atoms with Crippen LogP contribution in [-0.2, 0) is 11.2 Å². The van der Waals surface area contributed by atoms with Gasteiger partial charge in [0.25, 0.3) is 0 Å². The number of ether oxygens (including phenoxy) is 1. The number of hydrogen-bond donors (Lipinski definition) is 0. The zero-order valence-corrected chi connectivity index (χ0v) is 10.6. The van der Waals surface area contributed by atoms with Gasteiger partial charge in [0.05, 0.1) is 7.11 Å². The number of methoxy groups -OCH3 is 1. The van der Waals surface area contributed by atoms with Gasteiger partial charge in [-0.2, -0.15) is 0 Å². The predicted octanol–water partition coefficient (Wildman–Crippen LogP) is 3.41.